The summed E-state index contributed by atoms with van der Waals surface area (Å²) in [6, 6.07) is 11.4. The molecule has 0 saturated carbocycles. The van der Waals surface area contributed by atoms with E-state index in [9.17, 15) is 14.4 Å². The number of para-hydroxylation sites is 1. The van der Waals surface area contributed by atoms with Crippen molar-refractivity contribution >= 4 is 29.4 Å². The summed E-state index contributed by atoms with van der Waals surface area (Å²) in [6.07, 6.45) is 3.32. The highest BCUT2D eigenvalue weighted by molar-refractivity contribution is 7.07. The first-order chi connectivity index (χ1) is 16.9. The fraction of sp³-hybridized carbons (Fsp3) is 0.240. The average Bonchev–Trinajstić information content (AvgIpc) is 3.16. The summed E-state index contributed by atoms with van der Waals surface area (Å²) in [5.74, 6) is -0.807. The number of methoxy groups -OCH3 is 1. The van der Waals surface area contributed by atoms with Crippen molar-refractivity contribution in [3.8, 4) is 5.75 Å². The van der Waals surface area contributed by atoms with Crippen molar-refractivity contribution in [3.63, 3.8) is 0 Å². The predicted molar refractivity (Wildman–Crippen MR) is 129 cm³/mol. The van der Waals surface area contributed by atoms with Crippen LogP contribution in [0.1, 0.15) is 31.1 Å². The van der Waals surface area contributed by atoms with Gasteiger partial charge in [0.2, 0.25) is 0 Å². The Morgan fingerprint density at radius 1 is 1.17 bits per heavy atom. The van der Waals surface area contributed by atoms with Gasteiger partial charge in [0.25, 0.3) is 5.56 Å². The van der Waals surface area contributed by atoms with E-state index >= 15 is 0 Å². The second kappa shape index (κ2) is 10.5. The molecule has 0 bridgehead atoms. The number of hydrogen-bond donors (Lipinski definition) is 0. The molecular weight excluding hydrogens is 470 g/mol. The first-order valence-corrected chi connectivity index (χ1v) is 11.7. The lowest BCUT2D eigenvalue weighted by Crippen LogP contribution is -2.40. The molecule has 35 heavy (non-hydrogen) atoms. The predicted octanol–water partition coefficient (Wildman–Crippen LogP) is 1.75. The second-order valence-electron chi connectivity index (χ2n) is 7.46. The number of hydrogen-bond acceptors (Lipinski definition) is 9. The standard InChI is InChI=1S/C25H23N3O6S/c1-4-33-20(29)14-34-18-11-6-5-10-17(18)22-21(24(31)32-3)15(2)27-25-28(22)23(30)19(35-25)13-16-9-7-8-12-26-16/h5-13,22H,4,14H2,1-3H3. The van der Waals surface area contributed by atoms with Gasteiger partial charge in [0.1, 0.15) is 11.8 Å². The maximum absolute atomic E-state index is 13.6. The van der Waals surface area contributed by atoms with Crippen LogP contribution in [-0.2, 0) is 19.1 Å². The Labute approximate surface area is 204 Å². The van der Waals surface area contributed by atoms with Crippen molar-refractivity contribution in [2.24, 2.45) is 4.99 Å². The van der Waals surface area contributed by atoms with E-state index in [1.165, 1.54) is 23.0 Å². The van der Waals surface area contributed by atoms with Crippen LogP contribution in [0, 0.1) is 0 Å². The van der Waals surface area contributed by atoms with Crippen molar-refractivity contribution in [3.05, 3.63) is 90.9 Å². The van der Waals surface area contributed by atoms with Gasteiger partial charge in [0.15, 0.2) is 11.4 Å². The van der Waals surface area contributed by atoms with E-state index in [-0.39, 0.29) is 24.3 Å². The van der Waals surface area contributed by atoms with E-state index in [1.54, 1.807) is 62.5 Å². The first-order valence-electron chi connectivity index (χ1n) is 10.8. The third-order valence-electron chi connectivity index (χ3n) is 5.26. The van der Waals surface area contributed by atoms with Gasteiger partial charge in [-0.1, -0.05) is 35.6 Å². The average molecular weight is 494 g/mol. The van der Waals surface area contributed by atoms with E-state index in [0.29, 0.717) is 32.0 Å². The molecule has 0 aliphatic carbocycles. The molecule has 180 valence electrons. The third-order valence-corrected chi connectivity index (χ3v) is 6.24. The number of pyridine rings is 1. The lowest BCUT2D eigenvalue weighted by molar-refractivity contribution is -0.145. The summed E-state index contributed by atoms with van der Waals surface area (Å²) in [5.41, 5.74) is 1.43. The number of ether oxygens (including phenoxy) is 3. The summed E-state index contributed by atoms with van der Waals surface area (Å²) in [6.45, 7) is 3.31. The molecule has 0 spiro atoms. The molecule has 3 heterocycles. The number of esters is 2. The quantitative estimate of drug-likeness (QED) is 0.461. The number of benzene rings is 1. The van der Waals surface area contributed by atoms with Crippen LogP contribution in [0.3, 0.4) is 0 Å². The molecular formula is C25H23N3O6S. The van der Waals surface area contributed by atoms with Crippen molar-refractivity contribution in [2.75, 3.05) is 20.3 Å². The topological polar surface area (TPSA) is 109 Å². The molecule has 1 aromatic carbocycles. The van der Waals surface area contributed by atoms with Crippen LogP contribution in [-0.4, -0.2) is 41.8 Å². The molecule has 1 atom stereocenters. The largest absolute Gasteiger partial charge is 0.482 e. The molecule has 0 fully saturated rings. The lowest BCUT2D eigenvalue weighted by atomic mass is 9.95. The molecule has 0 radical (unpaired) electrons. The summed E-state index contributed by atoms with van der Waals surface area (Å²) < 4.78 is 17.6. The van der Waals surface area contributed by atoms with Crippen LogP contribution in [0.4, 0.5) is 0 Å². The van der Waals surface area contributed by atoms with Gasteiger partial charge >= 0.3 is 11.9 Å². The number of aromatic nitrogens is 2. The van der Waals surface area contributed by atoms with Crippen molar-refractivity contribution in [1.82, 2.24) is 9.55 Å². The monoisotopic (exact) mass is 493 g/mol. The first kappa shape index (κ1) is 24.1. The molecule has 3 aromatic rings. The van der Waals surface area contributed by atoms with Gasteiger partial charge in [-0.25, -0.2) is 14.6 Å². The third kappa shape index (κ3) is 4.92. The van der Waals surface area contributed by atoms with Crippen LogP contribution in [0.25, 0.3) is 6.08 Å². The van der Waals surface area contributed by atoms with Gasteiger partial charge in [0.05, 0.1) is 35.2 Å². The summed E-state index contributed by atoms with van der Waals surface area (Å²) in [5, 5.41) is 0. The van der Waals surface area contributed by atoms with Crippen LogP contribution < -0.4 is 19.6 Å². The zero-order valence-corrected chi connectivity index (χ0v) is 20.2. The van der Waals surface area contributed by atoms with Crippen LogP contribution in [0.15, 0.2) is 69.7 Å². The van der Waals surface area contributed by atoms with Gasteiger partial charge in [-0.15, -0.1) is 0 Å². The Morgan fingerprint density at radius 2 is 1.94 bits per heavy atom. The Hall–Kier alpha value is -4.05. The summed E-state index contributed by atoms with van der Waals surface area (Å²) >= 11 is 1.20. The van der Waals surface area contributed by atoms with Crippen molar-refractivity contribution in [2.45, 2.75) is 19.9 Å². The second-order valence-corrected chi connectivity index (χ2v) is 8.47. The lowest BCUT2D eigenvalue weighted by Gasteiger charge is -2.26. The molecule has 9 nitrogen and oxygen atoms in total. The molecule has 0 N–H and O–H groups in total. The summed E-state index contributed by atoms with van der Waals surface area (Å²) in [4.78, 5) is 47.6. The number of nitrogens with zero attached hydrogens (tertiary/aromatic N) is 3. The molecule has 0 amide bonds. The van der Waals surface area contributed by atoms with Gasteiger partial charge < -0.3 is 14.2 Å². The number of fused-ring (bicyclic) bond motifs is 1. The van der Waals surface area contributed by atoms with Crippen LogP contribution in [0.2, 0.25) is 0 Å². The van der Waals surface area contributed by atoms with E-state index in [2.05, 4.69) is 9.98 Å². The number of allylic oxidation sites excluding steroid dienone is 1. The van der Waals surface area contributed by atoms with Gasteiger partial charge in [-0.05, 0) is 38.1 Å². The highest BCUT2D eigenvalue weighted by Crippen LogP contribution is 2.35. The molecule has 1 unspecified atom stereocenters. The zero-order valence-electron chi connectivity index (χ0n) is 19.4. The Kier molecular flexibility index (Phi) is 7.21. The Morgan fingerprint density at radius 3 is 2.66 bits per heavy atom. The van der Waals surface area contributed by atoms with Crippen LogP contribution in [0.5, 0.6) is 5.75 Å². The Bertz CT molecular complexity index is 1470. The highest BCUT2D eigenvalue weighted by Gasteiger charge is 2.34. The molecule has 0 saturated heterocycles. The van der Waals surface area contributed by atoms with E-state index in [1.807, 2.05) is 6.07 Å². The highest BCUT2D eigenvalue weighted by atomic mass is 32.1. The maximum Gasteiger partial charge on any atom is 0.344 e. The van der Waals surface area contributed by atoms with Crippen molar-refractivity contribution < 1.29 is 23.8 Å². The zero-order chi connectivity index (χ0) is 24.9. The smallest absolute Gasteiger partial charge is 0.344 e. The minimum absolute atomic E-state index is 0.205. The Balaban J connectivity index is 1.90. The molecule has 10 heteroatoms. The SMILES string of the molecule is CCOC(=O)COc1ccccc1C1C(C(=O)OC)=C(C)N=c2sc(=Cc3ccccn3)c(=O)n21. The maximum atomic E-state index is 13.6. The molecule has 1 aliphatic rings. The van der Waals surface area contributed by atoms with Gasteiger partial charge in [-0.3, -0.25) is 14.3 Å². The fourth-order valence-electron chi connectivity index (χ4n) is 3.76. The summed E-state index contributed by atoms with van der Waals surface area (Å²) in [7, 11) is 1.27. The number of carbonyl (C=O) groups is 2. The van der Waals surface area contributed by atoms with E-state index < -0.39 is 18.0 Å². The minimum Gasteiger partial charge on any atom is -0.482 e. The molecule has 1 aliphatic heterocycles. The van der Waals surface area contributed by atoms with Gasteiger partial charge in [-0.2, -0.15) is 0 Å². The van der Waals surface area contributed by atoms with E-state index in [0.717, 1.165) is 0 Å². The molecule has 4 rings (SSSR count). The molecule has 2 aromatic heterocycles. The number of rotatable bonds is 7. The van der Waals surface area contributed by atoms with Crippen LogP contribution >= 0.6 is 11.3 Å². The number of carbonyl (C=O) groups excluding carboxylic acids is 2. The normalized spacial score (nSPS) is 15.3. The minimum atomic E-state index is -0.872. The fourth-order valence-corrected chi connectivity index (χ4v) is 4.79. The van der Waals surface area contributed by atoms with E-state index in [4.69, 9.17) is 14.2 Å². The van der Waals surface area contributed by atoms with Gasteiger partial charge in [0, 0.05) is 11.8 Å². The van der Waals surface area contributed by atoms with Crippen molar-refractivity contribution in [1.29, 1.82) is 0 Å². The number of thiazole rings is 1.